The van der Waals surface area contributed by atoms with E-state index in [2.05, 4.69) is 0 Å². The van der Waals surface area contributed by atoms with Gasteiger partial charge in [0.1, 0.15) is 6.04 Å². The summed E-state index contributed by atoms with van der Waals surface area (Å²) in [4.78, 5) is 1.33. The van der Waals surface area contributed by atoms with Gasteiger partial charge in [-0.15, -0.1) is 0 Å². The zero-order valence-corrected chi connectivity index (χ0v) is 9.21. The van der Waals surface area contributed by atoms with Gasteiger partial charge in [0.25, 0.3) is 0 Å². The van der Waals surface area contributed by atoms with E-state index >= 15 is 0 Å². The molecule has 0 aromatic heterocycles. The first-order chi connectivity index (χ1) is 7.50. The van der Waals surface area contributed by atoms with Crippen LogP contribution in [-0.4, -0.2) is 48.0 Å². The Bertz CT molecular complexity index is 205. The number of aliphatic hydroxyl groups excluding tert-OH is 1. The van der Waals surface area contributed by atoms with Crippen molar-refractivity contribution >= 4 is 0 Å². The number of nitrogens with zero attached hydrogens (tertiary/aromatic N) is 1. The molecule has 0 saturated heterocycles. The first kappa shape index (κ1) is 13.7. The molecule has 1 saturated carbocycles. The highest BCUT2D eigenvalue weighted by molar-refractivity contribution is 4.87. The first-order valence-corrected chi connectivity index (χ1v) is 5.64. The molecule has 0 amide bonds. The van der Waals surface area contributed by atoms with Gasteiger partial charge in [-0.25, -0.2) is 0 Å². The molecule has 96 valence electrons. The minimum absolute atomic E-state index is 0.0477. The van der Waals surface area contributed by atoms with Crippen LogP contribution in [0.25, 0.3) is 0 Å². The largest absolute Gasteiger partial charge is 0.405 e. The van der Waals surface area contributed by atoms with Crippen LogP contribution in [0.2, 0.25) is 0 Å². The second-order valence-electron chi connectivity index (χ2n) is 4.19. The van der Waals surface area contributed by atoms with Gasteiger partial charge < -0.3 is 10.8 Å². The Kier molecular flexibility index (Phi) is 5.01. The molecule has 6 heteroatoms. The van der Waals surface area contributed by atoms with E-state index in [4.69, 9.17) is 10.8 Å². The van der Waals surface area contributed by atoms with Gasteiger partial charge in [0.05, 0.1) is 6.61 Å². The normalized spacial score (nSPS) is 20.6. The summed E-state index contributed by atoms with van der Waals surface area (Å²) < 4.78 is 38.2. The van der Waals surface area contributed by atoms with Crippen LogP contribution in [0.5, 0.6) is 0 Å². The molecular weight excluding hydrogens is 221 g/mol. The van der Waals surface area contributed by atoms with Gasteiger partial charge in [0, 0.05) is 19.1 Å². The molecule has 1 aliphatic carbocycles. The quantitative estimate of drug-likeness (QED) is 0.757. The summed E-state index contributed by atoms with van der Waals surface area (Å²) in [5, 5.41) is 8.86. The van der Waals surface area contributed by atoms with Gasteiger partial charge in [-0.05, 0) is 12.8 Å². The van der Waals surface area contributed by atoms with Crippen LogP contribution in [0.3, 0.4) is 0 Å². The number of hydrogen-bond acceptors (Lipinski definition) is 3. The molecule has 1 atom stereocenters. The second kappa shape index (κ2) is 5.84. The molecule has 0 heterocycles. The lowest BCUT2D eigenvalue weighted by molar-refractivity contribution is -0.187. The van der Waals surface area contributed by atoms with Gasteiger partial charge in [0.2, 0.25) is 0 Å². The average molecular weight is 240 g/mol. The number of aliphatic hydroxyl groups is 1. The summed E-state index contributed by atoms with van der Waals surface area (Å²) >= 11 is 0. The van der Waals surface area contributed by atoms with Crippen molar-refractivity contribution in [2.24, 2.45) is 5.73 Å². The summed E-state index contributed by atoms with van der Waals surface area (Å²) in [7, 11) is 0. The van der Waals surface area contributed by atoms with Crippen LogP contribution in [0.4, 0.5) is 13.2 Å². The van der Waals surface area contributed by atoms with Crippen molar-refractivity contribution in [2.45, 2.75) is 43.9 Å². The Hall–Kier alpha value is -0.330. The van der Waals surface area contributed by atoms with E-state index in [1.54, 1.807) is 0 Å². The van der Waals surface area contributed by atoms with Gasteiger partial charge in [-0.1, -0.05) is 12.8 Å². The number of rotatable bonds is 5. The van der Waals surface area contributed by atoms with Crippen molar-refractivity contribution in [3.8, 4) is 0 Å². The topological polar surface area (TPSA) is 49.5 Å². The van der Waals surface area contributed by atoms with E-state index in [9.17, 15) is 13.2 Å². The van der Waals surface area contributed by atoms with Gasteiger partial charge in [-0.2, -0.15) is 13.2 Å². The fourth-order valence-electron chi connectivity index (χ4n) is 2.40. The Morgan fingerprint density at radius 2 is 1.88 bits per heavy atom. The average Bonchev–Trinajstić information content (AvgIpc) is 2.68. The van der Waals surface area contributed by atoms with E-state index in [-0.39, 0.29) is 19.2 Å². The van der Waals surface area contributed by atoms with E-state index < -0.39 is 18.8 Å². The first-order valence-electron chi connectivity index (χ1n) is 5.64. The second-order valence-corrected chi connectivity index (χ2v) is 4.19. The monoisotopic (exact) mass is 240 g/mol. The lowest BCUT2D eigenvalue weighted by Crippen LogP contribution is -2.54. The Morgan fingerprint density at radius 3 is 2.25 bits per heavy atom. The number of halogens is 3. The van der Waals surface area contributed by atoms with Crippen molar-refractivity contribution < 1.29 is 18.3 Å². The van der Waals surface area contributed by atoms with E-state index in [1.807, 2.05) is 0 Å². The molecule has 1 unspecified atom stereocenters. The standard InChI is InChI=1S/C10H19F3N2O/c11-10(12,13)9(7-14)15(5-6-16)8-3-1-2-4-8/h8-9,16H,1-7,14H2. The van der Waals surface area contributed by atoms with Crippen LogP contribution in [-0.2, 0) is 0 Å². The zero-order valence-electron chi connectivity index (χ0n) is 9.21. The van der Waals surface area contributed by atoms with Gasteiger partial charge in [0.15, 0.2) is 0 Å². The molecule has 1 fully saturated rings. The highest BCUT2D eigenvalue weighted by Gasteiger charge is 2.44. The molecule has 3 N–H and O–H groups in total. The van der Waals surface area contributed by atoms with Crippen LogP contribution in [0.1, 0.15) is 25.7 Å². The zero-order chi connectivity index (χ0) is 12.2. The predicted molar refractivity (Wildman–Crippen MR) is 54.9 cm³/mol. The fourth-order valence-corrected chi connectivity index (χ4v) is 2.40. The van der Waals surface area contributed by atoms with Gasteiger partial charge >= 0.3 is 6.18 Å². The Morgan fingerprint density at radius 1 is 1.31 bits per heavy atom. The summed E-state index contributed by atoms with van der Waals surface area (Å²) in [6.07, 6.45) is -0.852. The van der Waals surface area contributed by atoms with E-state index in [1.165, 1.54) is 4.90 Å². The van der Waals surface area contributed by atoms with Gasteiger partial charge in [-0.3, -0.25) is 4.90 Å². The third kappa shape index (κ3) is 3.33. The molecule has 0 aliphatic heterocycles. The van der Waals surface area contributed by atoms with Crippen LogP contribution in [0.15, 0.2) is 0 Å². The number of nitrogens with two attached hydrogens (primary N) is 1. The summed E-state index contributed by atoms with van der Waals surface area (Å²) in [6.45, 7) is -0.658. The van der Waals surface area contributed by atoms with Crippen LogP contribution < -0.4 is 5.73 Å². The molecule has 1 rings (SSSR count). The van der Waals surface area contributed by atoms with E-state index in [0.717, 1.165) is 25.7 Å². The smallest absolute Gasteiger partial charge is 0.395 e. The lowest BCUT2D eigenvalue weighted by atomic mass is 10.1. The van der Waals surface area contributed by atoms with Crippen LogP contribution >= 0.6 is 0 Å². The molecule has 0 aromatic carbocycles. The molecule has 0 spiro atoms. The predicted octanol–water partition coefficient (Wildman–Crippen LogP) is 1.11. The molecule has 16 heavy (non-hydrogen) atoms. The van der Waals surface area contributed by atoms with Crippen molar-refractivity contribution in [1.82, 2.24) is 4.90 Å². The van der Waals surface area contributed by atoms with Crippen molar-refractivity contribution in [3.63, 3.8) is 0 Å². The molecular formula is C10H19F3N2O. The maximum absolute atomic E-state index is 12.7. The third-order valence-electron chi connectivity index (χ3n) is 3.15. The minimum atomic E-state index is -4.31. The van der Waals surface area contributed by atoms with Crippen LogP contribution in [0, 0.1) is 0 Å². The molecule has 0 radical (unpaired) electrons. The van der Waals surface area contributed by atoms with Crippen molar-refractivity contribution in [3.05, 3.63) is 0 Å². The third-order valence-corrected chi connectivity index (χ3v) is 3.15. The fraction of sp³-hybridized carbons (Fsp3) is 1.00. The highest BCUT2D eigenvalue weighted by Crippen LogP contribution is 2.31. The Labute approximate surface area is 93.4 Å². The summed E-state index contributed by atoms with van der Waals surface area (Å²) in [5.41, 5.74) is 5.21. The molecule has 3 nitrogen and oxygen atoms in total. The minimum Gasteiger partial charge on any atom is -0.395 e. The summed E-state index contributed by atoms with van der Waals surface area (Å²) in [5.74, 6) is 0. The van der Waals surface area contributed by atoms with Crippen molar-refractivity contribution in [1.29, 1.82) is 0 Å². The molecule has 0 aromatic rings. The number of hydrogen-bond donors (Lipinski definition) is 2. The van der Waals surface area contributed by atoms with Crippen molar-refractivity contribution in [2.75, 3.05) is 19.7 Å². The maximum Gasteiger partial charge on any atom is 0.405 e. The number of alkyl halides is 3. The lowest BCUT2D eigenvalue weighted by Gasteiger charge is -2.36. The van der Waals surface area contributed by atoms with E-state index in [0.29, 0.717) is 0 Å². The molecule has 1 aliphatic rings. The SMILES string of the molecule is NCC(N(CCO)C1CCCC1)C(F)(F)F. The molecule has 0 bridgehead atoms. The highest BCUT2D eigenvalue weighted by atomic mass is 19.4. The Balaban J connectivity index is 2.72. The summed E-state index contributed by atoms with van der Waals surface area (Å²) in [6, 6.07) is -1.70. The maximum atomic E-state index is 12.7.